The minimum atomic E-state index is -0.0964. The lowest BCUT2D eigenvalue weighted by Gasteiger charge is -2.36. The summed E-state index contributed by atoms with van der Waals surface area (Å²) in [6.07, 6.45) is 3.08. The van der Waals surface area contributed by atoms with Gasteiger partial charge in [0, 0.05) is 38.2 Å². The lowest BCUT2D eigenvalue weighted by atomic mass is 9.92. The molecule has 7 heteroatoms. The molecular formula is C17H27N5O2. The van der Waals surface area contributed by atoms with E-state index in [-0.39, 0.29) is 23.3 Å². The van der Waals surface area contributed by atoms with Crippen LogP contribution in [0.4, 0.5) is 0 Å². The Bertz CT molecular complexity index is 628. The lowest BCUT2D eigenvalue weighted by Crippen LogP contribution is -2.57. The SMILES string of the molecule is CCC1NCC(C(=O)N2CCC(c3cc(=O)[nH]c(C)n3)CC2)CN1. The second-order valence-electron chi connectivity index (χ2n) is 6.83. The van der Waals surface area contributed by atoms with Crippen LogP contribution in [0.25, 0.3) is 0 Å². The van der Waals surface area contributed by atoms with Crippen molar-refractivity contribution in [1.29, 1.82) is 0 Å². The fourth-order valence-corrected chi connectivity index (χ4v) is 3.64. The zero-order chi connectivity index (χ0) is 17.1. The number of H-pyrrole nitrogens is 1. The van der Waals surface area contributed by atoms with Crippen LogP contribution in [0.3, 0.4) is 0 Å². The molecule has 3 heterocycles. The molecule has 0 unspecified atom stereocenters. The van der Waals surface area contributed by atoms with Crippen molar-refractivity contribution in [2.24, 2.45) is 5.92 Å². The van der Waals surface area contributed by atoms with Crippen LogP contribution in [0.5, 0.6) is 0 Å². The summed E-state index contributed by atoms with van der Waals surface area (Å²) in [6.45, 7) is 6.91. The van der Waals surface area contributed by atoms with E-state index in [9.17, 15) is 9.59 Å². The highest BCUT2D eigenvalue weighted by atomic mass is 16.2. The molecule has 0 saturated carbocycles. The summed E-state index contributed by atoms with van der Waals surface area (Å²) in [5.74, 6) is 1.17. The van der Waals surface area contributed by atoms with Crippen LogP contribution in [-0.4, -0.2) is 53.1 Å². The highest BCUT2D eigenvalue weighted by molar-refractivity contribution is 5.79. The average Bonchev–Trinajstić information content (AvgIpc) is 2.60. The molecule has 0 spiro atoms. The number of aromatic nitrogens is 2. The molecule has 0 bridgehead atoms. The first kappa shape index (κ1) is 17.1. The van der Waals surface area contributed by atoms with Crippen molar-refractivity contribution in [2.45, 2.75) is 45.2 Å². The van der Waals surface area contributed by atoms with Gasteiger partial charge in [0.15, 0.2) is 0 Å². The molecule has 1 aromatic heterocycles. The summed E-state index contributed by atoms with van der Waals surface area (Å²) in [5.41, 5.74) is 0.760. The lowest BCUT2D eigenvalue weighted by molar-refractivity contribution is -0.137. The molecule has 24 heavy (non-hydrogen) atoms. The van der Waals surface area contributed by atoms with Gasteiger partial charge in [-0.15, -0.1) is 0 Å². The molecule has 2 fully saturated rings. The van der Waals surface area contributed by atoms with Crippen LogP contribution in [0.2, 0.25) is 0 Å². The maximum Gasteiger partial charge on any atom is 0.251 e. The first-order chi connectivity index (χ1) is 11.6. The van der Waals surface area contributed by atoms with E-state index in [0.717, 1.165) is 51.1 Å². The Labute approximate surface area is 142 Å². The Morgan fingerprint density at radius 1 is 1.29 bits per heavy atom. The summed E-state index contributed by atoms with van der Waals surface area (Å²) >= 11 is 0. The van der Waals surface area contributed by atoms with Crippen molar-refractivity contribution in [3.8, 4) is 0 Å². The summed E-state index contributed by atoms with van der Waals surface area (Å²) in [7, 11) is 0. The molecule has 0 radical (unpaired) electrons. The molecule has 3 N–H and O–H groups in total. The number of hydrogen-bond donors (Lipinski definition) is 3. The van der Waals surface area contributed by atoms with Gasteiger partial charge in [-0.05, 0) is 26.2 Å². The maximum atomic E-state index is 12.7. The van der Waals surface area contributed by atoms with Gasteiger partial charge >= 0.3 is 0 Å². The summed E-state index contributed by atoms with van der Waals surface area (Å²) in [5, 5.41) is 6.76. The van der Waals surface area contributed by atoms with Gasteiger partial charge in [0.1, 0.15) is 5.82 Å². The number of aryl methyl sites for hydroxylation is 1. The molecule has 0 aromatic carbocycles. The monoisotopic (exact) mass is 333 g/mol. The number of nitrogens with one attached hydrogen (secondary N) is 3. The molecule has 0 aliphatic carbocycles. The zero-order valence-corrected chi connectivity index (χ0v) is 14.5. The van der Waals surface area contributed by atoms with Gasteiger partial charge < -0.3 is 20.5 Å². The van der Waals surface area contributed by atoms with Crippen molar-refractivity contribution in [3.63, 3.8) is 0 Å². The van der Waals surface area contributed by atoms with Crippen LogP contribution >= 0.6 is 0 Å². The number of aromatic amines is 1. The van der Waals surface area contributed by atoms with Gasteiger partial charge in [-0.25, -0.2) is 4.98 Å². The standard InChI is InChI=1S/C17H27N5O2/c1-3-15-18-9-13(10-19-15)17(24)22-6-4-12(5-7-22)14-8-16(23)21-11(2)20-14/h8,12-13,15,18-19H,3-7,9-10H2,1-2H3,(H,20,21,23). The van der Waals surface area contributed by atoms with E-state index >= 15 is 0 Å². The van der Waals surface area contributed by atoms with Gasteiger partial charge in [-0.1, -0.05) is 6.92 Å². The third-order valence-electron chi connectivity index (χ3n) is 5.08. The number of hydrogen-bond acceptors (Lipinski definition) is 5. The first-order valence-corrected chi connectivity index (χ1v) is 8.90. The number of rotatable bonds is 3. The number of nitrogens with zero attached hydrogens (tertiary/aromatic N) is 2. The van der Waals surface area contributed by atoms with Crippen LogP contribution in [0.15, 0.2) is 10.9 Å². The molecule has 2 saturated heterocycles. The van der Waals surface area contributed by atoms with Crippen molar-refractivity contribution in [3.05, 3.63) is 27.9 Å². The summed E-state index contributed by atoms with van der Waals surface area (Å²) in [4.78, 5) is 33.4. The smallest absolute Gasteiger partial charge is 0.251 e. The van der Waals surface area contributed by atoms with E-state index in [0.29, 0.717) is 12.0 Å². The quantitative estimate of drug-likeness (QED) is 0.742. The molecule has 132 valence electrons. The van der Waals surface area contributed by atoms with Gasteiger partial charge in [0.2, 0.25) is 5.91 Å². The van der Waals surface area contributed by atoms with Gasteiger partial charge in [-0.2, -0.15) is 0 Å². The predicted octanol–water partition coefficient (Wildman–Crippen LogP) is 0.329. The van der Waals surface area contributed by atoms with E-state index in [1.807, 2.05) is 4.90 Å². The third kappa shape index (κ3) is 3.84. The second-order valence-corrected chi connectivity index (χ2v) is 6.83. The van der Waals surface area contributed by atoms with Gasteiger partial charge in [-0.3, -0.25) is 9.59 Å². The highest BCUT2D eigenvalue weighted by Crippen LogP contribution is 2.26. The molecule has 2 aliphatic heterocycles. The minimum Gasteiger partial charge on any atom is -0.342 e. The molecule has 2 aliphatic rings. The fraction of sp³-hybridized carbons (Fsp3) is 0.706. The van der Waals surface area contributed by atoms with E-state index in [1.165, 1.54) is 0 Å². The second kappa shape index (κ2) is 7.44. The summed E-state index contributed by atoms with van der Waals surface area (Å²) in [6, 6.07) is 1.59. The Morgan fingerprint density at radius 3 is 2.54 bits per heavy atom. The summed E-state index contributed by atoms with van der Waals surface area (Å²) < 4.78 is 0. The van der Waals surface area contributed by atoms with E-state index < -0.39 is 0 Å². The topological polar surface area (TPSA) is 90.1 Å². The number of likely N-dealkylation sites (tertiary alicyclic amines) is 1. The van der Waals surface area contributed by atoms with Gasteiger partial charge in [0.05, 0.1) is 17.8 Å². The van der Waals surface area contributed by atoms with E-state index in [1.54, 1.807) is 13.0 Å². The minimum absolute atomic E-state index is 0.0179. The van der Waals surface area contributed by atoms with E-state index in [4.69, 9.17) is 0 Å². The highest BCUT2D eigenvalue weighted by Gasteiger charge is 2.31. The number of carbonyl (C=O) groups is 1. The Balaban J connectivity index is 1.55. The molecular weight excluding hydrogens is 306 g/mol. The van der Waals surface area contributed by atoms with Crippen molar-refractivity contribution < 1.29 is 4.79 Å². The van der Waals surface area contributed by atoms with Crippen LogP contribution in [-0.2, 0) is 4.79 Å². The molecule has 7 nitrogen and oxygen atoms in total. The Kier molecular flexibility index (Phi) is 5.30. The van der Waals surface area contributed by atoms with Gasteiger partial charge in [0.25, 0.3) is 5.56 Å². The zero-order valence-electron chi connectivity index (χ0n) is 14.5. The molecule has 1 aromatic rings. The Morgan fingerprint density at radius 2 is 1.96 bits per heavy atom. The fourth-order valence-electron chi connectivity index (χ4n) is 3.64. The van der Waals surface area contributed by atoms with Crippen LogP contribution in [0, 0.1) is 12.8 Å². The molecule has 3 rings (SSSR count). The molecule has 1 amide bonds. The third-order valence-corrected chi connectivity index (χ3v) is 5.08. The first-order valence-electron chi connectivity index (χ1n) is 8.90. The number of piperidine rings is 1. The van der Waals surface area contributed by atoms with E-state index in [2.05, 4.69) is 27.5 Å². The van der Waals surface area contributed by atoms with Crippen molar-refractivity contribution in [1.82, 2.24) is 25.5 Å². The number of amides is 1. The van der Waals surface area contributed by atoms with Crippen molar-refractivity contribution in [2.75, 3.05) is 26.2 Å². The normalized spacial score (nSPS) is 25.7. The van der Waals surface area contributed by atoms with Crippen molar-refractivity contribution >= 4 is 5.91 Å². The largest absolute Gasteiger partial charge is 0.342 e. The van der Waals surface area contributed by atoms with Crippen LogP contribution in [0.1, 0.15) is 43.6 Å². The van der Waals surface area contributed by atoms with Crippen LogP contribution < -0.4 is 16.2 Å². The number of carbonyl (C=O) groups excluding carboxylic acids is 1. The Hall–Kier alpha value is -1.73. The molecule has 0 atom stereocenters. The maximum absolute atomic E-state index is 12.7. The predicted molar refractivity (Wildman–Crippen MR) is 91.7 cm³/mol. The average molecular weight is 333 g/mol.